The van der Waals surface area contributed by atoms with E-state index >= 15 is 0 Å². The van der Waals surface area contributed by atoms with Gasteiger partial charge in [0.25, 0.3) is 0 Å². The Balaban J connectivity index is 1.61. The van der Waals surface area contributed by atoms with Crippen LogP contribution >= 0.6 is 23.8 Å². The highest BCUT2D eigenvalue weighted by molar-refractivity contribution is 7.80. The summed E-state index contributed by atoms with van der Waals surface area (Å²) >= 11 is 11.3. The number of halogens is 2. The molecule has 5 nitrogen and oxygen atoms in total. The van der Waals surface area contributed by atoms with E-state index in [9.17, 15) is 4.39 Å². The van der Waals surface area contributed by atoms with Gasteiger partial charge in [-0.25, -0.2) is 4.39 Å². The highest BCUT2D eigenvalue weighted by atomic mass is 35.5. The Morgan fingerprint density at radius 2 is 1.90 bits per heavy atom. The SMILES string of the molecule is COc1cc(C=[NH+]NC(=S)Nc2ccccc2)ccc1OCc1c(F)cccc1Cl. The van der Waals surface area contributed by atoms with Crippen molar-refractivity contribution in [2.45, 2.75) is 6.61 Å². The first-order valence-corrected chi connectivity index (χ1v) is 9.80. The van der Waals surface area contributed by atoms with Gasteiger partial charge in [0.05, 0.1) is 12.1 Å². The number of para-hydroxylation sites is 1. The van der Waals surface area contributed by atoms with E-state index in [0.29, 0.717) is 27.2 Å². The fraction of sp³-hybridized carbons (Fsp3) is 0.0909. The van der Waals surface area contributed by atoms with Gasteiger partial charge in [0.1, 0.15) is 12.4 Å². The molecular formula is C22H20ClFN3O2S+. The maximum Gasteiger partial charge on any atom is 0.228 e. The average Bonchev–Trinajstić information content (AvgIpc) is 2.74. The van der Waals surface area contributed by atoms with Crippen LogP contribution in [-0.4, -0.2) is 18.4 Å². The third-order valence-corrected chi connectivity index (χ3v) is 4.64. The van der Waals surface area contributed by atoms with Crippen molar-refractivity contribution < 1.29 is 19.0 Å². The molecule has 3 aromatic carbocycles. The number of hydrazone groups is 1. The van der Waals surface area contributed by atoms with Crippen LogP contribution in [-0.2, 0) is 6.61 Å². The number of benzene rings is 3. The van der Waals surface area contributed by atoms with Crippen molar-refractivity contribution in [3.8, 4) is 11.5 Å². The predicted molar refractivity (Wildman–Crippen MR) is 121 cm³/mol. The van der Waals surface area contributed by atoms with Gasteiger partial charge in [0.2, 0.25) is 5.11 Å². The Bertz CT molecular complexity index is 1030. The van der Waals surface area contributed by atoms with Gasteiger partial charge in [0.15, 0.2) is 17.7 Å². The van der Waals surface area contributed by atoms with Gasteiger partial charge in [-0.1, -0.05) is 35.9 Å². The molecule has 0 heterocycles. The van der Waals surface area contributed by atoms with Crippen molar-refractivity contribution in [3.05, 3.63) is 88.7 Å². The number of hydrogen-bond donors (Lipinski definition) is 3. The van der Waals surface area contributed by atoms with Crippen molar-refractivity contribution in [2.75, 3.05) is 12.4 Å². The fourth-order valence-electron chi connectivity index (χ4n) is 2.58. The van der Waals surface area contributed by atoms with E-state index in [2.05, 4.69) is 15.8 Å². The average molecular weight is 445 g/mol. The maximum atomic E-state index is 13.9. The largest absolute Gasteiger partial charge is 0.493 e. The molecule has 0 fully saturated rings. The molecule has 154 valence electrons. The second-order valence-corrected chi connectivity index (χ2v) is 6.95. The minimum absolute atomic E-state index is 0.00976. The van der Waals surface area contributed by atoms with Crippen molar-refractivity contribution in [3.63, 3.8) is 0 Å². The van der Waals surface area contributed by atoms with Crippen LogP contribution in [0.4, 0.5) is 10.1 Å². The lowest BCUT2D eigenvalue weighted by molar-refractivity contribution is -0.499. The van der Waals surface area contributed by atoms with Crippen molar-refractivity contribution in [2.24, 2.45) is 0 Å². The Labute approximate surface area is 184 Å². The van der Waals surface area contributed by atoms with Gasteiger partial charge < -0.3 is 14.8 Å². The van der Waals surface area contributed by atoms with E-state index < -0.39 is 5.82 Å². The van der Waals surface area contributed by atoms with E-state index in [0.717, 1.165) is 11.3 Å². The summed E-state index contributed by atoms with van der Waals surface area (Å²) in [4.78, 5) is 0. The van der Waals surface area contributed by atoms with Gasteiger partial charge in [0, 0.05) is 16.8 Å². The first-order valence-electron chi connectivity index (χ1n) is 9.01. The minimum Gasteiger partial charge on any atom is -0.493 e. The molecule has 0 aromatic heterocycles. The maximum absolute atomic E-state index is 13.9. The van der Waals surface area contributed by atoms with E-state index in [4.69, 9.17) is 33.3 Å². The molecule has 0 radical (unpaired) electrons. The number of nitrogens with one attached hydrogen (secondary N) is 3. The van der Waals surface area contributed by atoms with Gasteiger partial charge in [-0.15, -0.1) is 10.5 Å². The van der Waals surface area contributed by atoms with Crippen molar-refractivity contribution >= 4 is 40.8 Å². The Morgan fingerprint density at radius 3 is 2.63 bits per heavy atom. The van der Waals surface area contributed by atoms with E-state index in [1.54, 1.807) is 30.5 Å². The third-order valence-electron chi connectivity index (χ3n) is 4.08. The second-order valence-electron chi connectivity index (χ2n) is 6.13. The van der Waals surface area contributed by atoms with Crippen LogP contribution in [0.2, 0.25) is 5.02 Å². The molecule has 0 aliphatic heterocycles. The molecule has 0 saturated carbocycles. The van der Waals surface area contributed by atoms with Crippen LogP contribution < -0.4 is 25.3 Å². The van der Waals surface area contributed by atoms with Crippen LogP contribution in [0.3, 0.4) is 0 Å². The molecule has 8 heteroatoms. The number of ether oxygens (including phenoxy) is 2. The molecule has 0 bridgehead atoms. The molecular weight excluding hydrogens is 425 g/mol. The fourth-order valence-corrected chi connectivity index (χ4v) is 2.98. The first-order chi connectivity index (χ1) is 14.6. The smallest absolute Gasteiger partial charge is 0.228 e. The van der Waals surface area contributed by atoms with Crippen LogP contribution in [0, 0.1) is 5.82 Å². The molecule has 30 heavy (non-hydrogen) atoms. The Kier molecular flexibility index (Phi) is 7.59. The van der Waals surface area contributed by atoms with Gasteiger partial charge >= 0.3 is 0 Å². The molecule has 3 aromatic rings. The number of hydrogen-bond acceptors (Lipinski definition) is 3. The summed E-state index contributed by atoms with van der Waals surface area (Å²) in [6.07, 6.45) is 1.72. The summed E-state index contributed by atoms with van der Waals surface area (Å²) in [6.45, 7) is -0.00976. The lowest BCUT2D eigenvalue weighted by Gasteiger charge is -2.12. The Morgan fingerprint density at radius 1 is 1.10 bits per heavy atom. The number of anilines is 1. The van der Waals surface area contributed by atoms with Crippen LogP contribution in [0.15, 0.2) is 66.7 Å². The van der Waals surface area contributed by atoms with E-state index in [1.807, 2.05) is 36.4 Å². The zero-order chi connectivity index (χ0) is 21.3. The quantitative estimate of drug-likeness (QED) is 0.296. The second kappa shape index (κ2) is 10.6. The number of rotatable bonds is 7. The zero-order valence-electron chi connectivity index (χ0n) is 16.1. The first kappa shape index (κ1) is 21.5. The highest BCUT2D eigenvalue weighted by Crippen LogP contribution is 2.29. The molecule has 0 amide bonds. The van der Waals surface area contributed by atoms with E-state index in [-0.39, 0.29) is 6.61 Å². The zero-order valence-corrected chi connectivity index (χ0v) is 17.7. The van der Waals surface area contributed by atoms with E-state index in [1.165, 1.54) is 13.2 Å². The van der Waals surface area contributed by atoms with Gasteiger partial charge in [-0.3, -0.25) is 0 Å². The van der Waals surface area contributed by atoms with Crippen LogP contribution in [0.1, 0.15) is 11.1 Å². The van der Waals surface area contributed by atoms with Gasteiger partial charge in [-0.2, -0.15) is 0 Å². The standard InChI is InChI=1S/C22H19ClFN3O2S/c1-28-21-12-15(13-25-27-22(30)26-16-6-3-2-4-7-16)10-11-20(21)29-14-17-18(23)8-5-9-19(17)24/h2-13H,14H2,1H3,(H2,26,27,30)/p+1. The van der Waals surface area contributed by atoms with Crippen molar-refractivity contribution in [1.82, 2.24) is 5.43 Å². The normalized spacial score (nSPS) is 10.6. The monoisotopic (exact) mass is 444 g/mol. The van der Waals surface area contributed by atoms with Crippen molar-refractivity contribution in [1.29, 1.82) is 0 Å². The number of hydrazine groups is 1. The molecule has 0 aliphatic rings. The minimum atomic E-state index is -0.415. The summed E-state index contributed by atoms with van der Waals surface area (Å²) in [6, 6.07) is 19.4. The summed E-state index contributed by atoms with van der Waals surface area (Å²) in [7, 11) is 1.53. The van der Waals surface area contributed by atoms with Crippen LogP contribution in [0.5, 0.6) is 11.5 Å². The molecule has 3 N–H and O–H groups in total. The number of methoxy groups -OCH3 is 1. The number of thiocarbonyl (C=S) groups is 1. The summed E-state index contributed by atoms with van der Waals surface area (Å²) < 4.78 is 25.0. The molecule has 0 spiro atoms. The third kappa shape index (κ3) is 5.92. The molecule has 0 atom stereocenters. The predicted octanol–water partition coefficient (Wildman–Crippen LogP) is 3.47. The Hall–Kier alpha value is -3.16. The summed E-state index contributed by atoms with van der Waals surface area (Å²) in [5.41, 5.74) is 4.87. The highest BCUT2D eigenvalue weighted by Gasteiger charge is 2.11. The van der Waals surface area contributed by atoms with Crippen LogP contribution in [0.25, 0.3) is 0 Å². The van der Waals surface area contributed by atoms with Gasteiger partial charge in [-0.05, 0) is 54.7 Å². The lowest BCUT2D eigenvalue weighted by Crippen LogP contribution is -2.82. The topological polar surface area (TPSA) is 56.5 Å². The molecule has 0 saturated heterocycles. The molecule has 3 rings (SSSR count). The lowest BCUT2D eigenvalue weighted by atomic mass is 10.2. The molecule has 0 aliphatic carbocycles. The summed E-state index contributed by atoms with van der Waals surface area (Å²) in [5.74, 6) is 0.563. The molecule has 0 unspecified atom stereocenters. The summed E-state index contributed by atoms with van der Waals surface area (Å²) in [5, 5.41) is 6.71.